The average molecular weight is 454 g/mol. The number of amides is 2. The fraction of sp³-hybridized carbons (Fsp3) is 0.389. The summed E-state index contributed by atoms with van der Waals surface area (Å²) < 4.78 is 0.916. The van der Waals surface area contributed by atoms with Crippen LogP contribution in [-0.2, 0) is 6.54 Å². The Morgan fingerprint density at radius 2 is 1.89 bits per heavy atom. The largest absolute Gasteiger partial charge is 0.338 e. The van der Waals surface area contributed by atoms with Crippen LogP contribution in [0.5, 0.6) is 0 Å². The van der Waals surface area contributed by atoms with Gasteiger partial charge in [0.1, 0.15) is 0 Å². The van der Waals surface area contributed by atoms with Gasteiger partial charge in [0.2, 0.25) is 5.95 Å². The zero-order valence-corrected chi connectivity index (χ0v) is 17.2. The number of nitrogens with zero attached hydrogens (tertiary/aromatic N) is 4. The van der Waals surface area contributed by atoms with Crippen molar-refractivity contribution in [3.8, 4) is 0 Å². The van der Waals surface area contributed by atoms with E-state index >= 15 is 0 Å². The van der Waals surface area contributed by atoms with Crippen LogP contribution in [0.15, 0.2) is 41.1 Å². The van der Waals surface area contributed by atoms with Crippen molar-refractivity contribution in [3.63, 3.8) is 0 Å². The van der Waals surface area contributed by atoms with E-state index in [0.717, 1.165) is 48.7 Å². The molecule has 1 aromatic heterocycles. The summed E-state index contributed by atoms with van der Waals surface area (Å²) in [5.74, 6) is 0.779. The van der Waals surface area contributed by atoms with E-state index in [4.69, 9.17) is 11.6 Å². The molecule has 3 rings (SSSR count). The van der Waals surface area contributed by atoms with Crippen LogP contribution >= 0.6 is 27.5 Å². The molecule has 27 heavy (non-hydrogen) atoms. The number of hydrogen-bond acceptors (Lipinski definition) is 5. The van der Waals surface area contributed by atoms with E-state index in [9.17, 15) is 4.79 Å². The van der Waals surface area contributed by atoms with Crippen molar-refractivity contribution >= 4 is 39.5 Å². The van der Waals surface area contributed by atoms with Crippen molar-refractivity contribution in [2.45, 2.75) is 6.54 Å². The van der Waals surface area contributed by atoms with E-state index in [0.29, 0.717) is 18.1 Å². The van der Waals surface area contributed by atoms with E-state index in [-0.39, 0.29) is 6.03 Å². The van der Waals surface area contributed by atoms with Gasteiger partial charge in [-0.15, -0.1) is 0 Å². The number of benzene rings is 1. The molecular formula is C18H22BrClN6O. The minimum absolute atomic E-state index is 0.190. The van der Waals surface area contributed by atoms with Crippen molar-refractivity contribution in [3.05, 3.63) is 51.7 Å². The van der Waals surface area contributed by atoms with Crippen molar-refractivity contribution in [1.29, 1.82) is 0 Å². The fourth-order valence-corrected chi connectivity index (χ4v) is 3.60. The number of anilines is 1. The van der Waals surface area contributed by atoms with Gasteiger partial charge in [0.15, 0.2) is 0 Å². The number of piperazine rings is 1. The highest BCUT2D eigenvalue weighted by atomic mass is 79.9. The smallest absolute Gasteiger partial charge is 0.315 e. The Labute approximate surface area is 172 Å². The minimum atomic E-state index is -0.190. The normalized spacial score (nSPS) is 14.8. The summed E-state index contributed by atoms with van der Waals surface area (Å²) in [5, 5.41) is 6.35. The van der Waals surface area contributed by atoms with E-state index in [2.05, 4.69) is 46.3 Å². The van der Waals surface area contributed by atoms with Gasteiger partial charge in [-0.05, 0) is 23.8 Å². The lowest BCUT2D eigenvalue weighted by Gasteiger charge is -2.34. The van der Waals surface area contributed by atoms with E-state index in [1.807, 2.05) is 24.3 Å². The lowest BCUT2D eigenvalue weighted by molar-refractivity contribution is 0.231. The molecule has 1 saturated heterocycles. The fourth-order valence-electron chi connectivity index (χ4n) is 2.86. The molecule has 9 heteroatoms. The Hall–Kier alpha value is -1.90. The number of rotatable bonds is 6. The first kappa shape index (κ1) is 19.9. The number of halogens is 2. The van der Waals surface area contributed by atoms with Gasteiger partial charge in [0, 0.05) is 67.7 Å². The summed E-state index contributed by atoms with van der Waals surface area (Å²) in [6.07, 6.45) is 3.53. The molecule has 0 atom stereocenters. The molecule has 0 aliphatic carbocycles. The van der Waals surface area contributed by atoms with E-state index < -0.39 is 0 Å². The molecule has 0 radical (unpaired) electrons. The predicted molar refractivity (Wildman–Crippen MR) is 110 cm³/mol. The topological polar surface area (TPSA) is 73.4 Å². The third kappa shape index (κ3) is 6.05. The first-order valence-electron chi connectivity index (χ1n) is 8.82. The van der Waals surface area contributed by atoms with Crippen molar-refractivity contribution in [1.82, 2.24) is 25.5 Å². The summed E-state index contributed by atoms with van der Waals surface area (Å²) in [6.45, 7) is 5.44. The van der Waals surface area contributed by atoms with Gasteiger partial charge in [0.05, 0.1) is 0 Å². The highest BCUT2D eigenvalue weighted by Crippen LogP contribution is 2.21. The van der Waals surface area contributed by atoms with Gasteiger partial charge < -0.3 is 15.5 Å². The highest BCUT2D eigenvalue weighted by molar-refractivity contribution is 9.10. The Balaban J connectivity index is 1.32. The number of urea groups is 1. The lowest BCUT2D eigenvalue weighted by Crippen LogP contribution is -2.49. The first-order valence-corrected chi connectivity index (χ1v) is 9.99. The zero-order chi connectivity index (χ0) is 19.1. The molecule has 1 aromatic carbocycles. The van der Waals surface area contributed by atoms with Crippen LogP contribution in [0.2, 0.25) is 5.02 Å². The van der Waals surface area contributed by atoms with Gasteiger partial charge in [-0.2, -0.15) is 0 Å². The first-order chi connectivity index (χ1) is 13.1. The van der Waals surface area contributed by atoms with Crippen molar-refractivity contribution in [2.24, 2.45) is 0 Å². The van der Waals surface area contributed by atoms with Crippen molar-refractivity contribution in [2.75, 3.05) is 44.2 Å². The average Bonchev–Trinajstić information content (AvgIpc) is 2.68. The second-order valence-corrected chi connectivity index (χ2v) is 7.55. The molecule has 0 bridgehead atoms. The van der Waals surface area contributed by atoms with Gasteiger partial charge in [-0.25, -0.2) is 14.8 Å². The molecule has 1 aliphatic heterocycles. The summed E-state index contributed by atoms with van der Waals surface area (Å²) in [4.78, 5) is 25.0. The van der Waals surface area contributed by atoms with Gasteiger partial charge in [-0.3, -0.25) is 4.90 Å². The lowest BCUT2D eigenvalue weighted by atomic mass is 10.2. The monoisotopic (exact) mass is 452 g/mol. The zero-order valence-electron chi connectivity index (χ0n) is 14.9. The molecule has 2 N–H and O–H groups in total. The summed E-state index contributed by atoms with van der Waals surface area (Å²) >= 11 is 9.52. The molecule has 0 spiro atoms. The Morgan fingerprint density at radius 1 is 1.15 bits per heavy atom. The van der Waals surface area contributed by atoms with Crippen LogP contribution in [0, 0.1) is 0 Å². The molecule has 0 saturated carbocycles. The molecule has 2 aromatic rings. The maximum Gasteiger partial charge on any atom is 0.315 e. The molecule has 2 heterocycles. The summed E-state index contributed by atoms with van der Waals surface area (Å²) in [7, 11) is 0. The standard InChI is InChI=1S/C18H22BrClN6O/c19-15-3-2-14(16(20)12-15)13-24-18(27)23-6-7-25-8-10-26(11-9-25)17-21-4-1-5-22-17/h1-5,12H,6-11,13H2,(H2,23,24,27). The Kier molecular flexibility index (Phi) is 7.25. The highest BCUT2D eigenvalue weighted by Gasteiger charge is 2.18. The summed E-state index contributed by atoms with van der Waals surface area (Å²) in [6, 6.07) is 7.24. The number of carbonyl (C=O) groups excluding carboxylic acids is 1. The molecule has 7 nitrogen and oxygen atoms in total. The number of aromatic nitrogens is 2. The molecule has 144 valence electrons. The second kappa shape index (κ2) is 9.87. The Morgan fingerprint density at radius 3 is 2.59 bits per heavy atom. The van der Waals surface area contributed by atoms with Crippen LogP contribution in [0.4, 0.5) is 10.7 Å². The maximum absolute atomic E-state index is 12.0. The molecule has 0 unspecified atom stereocenters. The third-order valence-electron chi connectivity index (χ3n) is 4.38. The molecule has 2 amide bonds. The van der Waals surface area contributed by atoms with Gasteiger partial charge in [0.25, 0.3) is 0 Å². The van der Waals surface area contributed by atoms with Crippen LogP contribution in [0.3, 0.4) is 0 Å². The van der Waals surface area contributed by atoms with Crippen LogP contribution in [0.1, 0.15) is 5.56 Å². The number of hydrogen-bond donors (Lipinski definition) is 2. The molecule has 1 fully saturated rings. The Bertz CT molecular complexity index is 755. The predicted octanol–water partition coefficient (Wildman–Crippen LogP) is 2.51. The van der Waals surface area contributed by atoms with Crippen LogP contribution < -0.4 is 15.5 Å². The second-order valence-electron chi connectivity index (χ2n) is 6.22. The van der Waals surface area contributed by atoms with E-state index in [1.165, 1.54) is 0 Å². The van der Waals surface area contributed by atoms with Gasteiger partial charge >= 0.3 is 6.03 Å². The van der Waals surface area contributed by atoms with Crippen LogP contribution in [0.25, 0.3) is 0 Å². The van der Waals surface area contributed by atoms with Gasteiger partial charge in [-0.1, -0.05) is 33.6 Å². The molecule has 1 aliphatic rings. The van der Waals surface area contributed by atoms with Crippen molar-refractivity contribution < 1.29 is 4.79 Å². The van der Waals surface area contributed by atoms with Crippen LogP contribution in [-0.4, -0.2) is 60.2 Å². The molecular weight excluding hydrogens is 432 g/mol. The quantitative estimate of drug-likeness (QED) is 0.703. The third-order valence-corrected chi connectivity index (χ3v) is 5.22. The summed E-state index contributed by atoms with van der Waals surface area (Å²) in [5.41, 5.74) is 0.884. The SMILES string of the molecule is O=C(NCCN1CCN(c2ncccn2)CC1)NCc1ccc(Br)cc1Cl. The number of nitrogens with one attached hydrogen (secondary N) is 2. The minimum Gasteiger partial charge on any atom is -0.338 e. The number of carbonyl (C=O) groups is 1. The van der Waals surface area contributed by atoms with E-state index in [1.54, 1.807) is 12.4 Å². The maximum atomic E-state index is 12.0.